The summed E-state index contributed by atoms with van der Waals surface area (Å²) in [4.78, 5) is 25.2. The number of ether oxygens (including phenoxy) is 2. The highest BCUT2D eigenvalue weighted by atomic mass is 16.6. The lowest BCUT2D eigenvalue weighted by atomic mass is 9.70. The molecule has 2 bridgehead atoms. The van der Waals surface area contributed by atoms with Gasteiger partial charge in [-0.1, -0.05) is 51.1 Å². The van der Waals surface area contributed by atoms with Crippen LogP contribution in [0.15, 0.2) is 36.4 Å². The van der Waals surface area contributed by atoms with Gasteiger partial charge < -0.3 is 19.9 Å². The van der Waals surface area contributed by atoms with Gasteiger partial charge in [0.05, 0.1) is 11.6 Å². The van der Waals surface area contributed by atoms with Crippen molar-refractivity contribution in [1.29, 1.82) is 0 Å². The first-order valence-corrected chi connectivity index (χ1v) is 12.2. The molecule has 3 fully saturated rings. The quantitative estimate of drug-likeness (QED) is 0.483. The Morgan fingerprint density at radius 1 is 1.27 bits per heavy atom. The van der Waals surface area contributed by atoms with E-state index in [1.165, 1.54) is 6.08 Å². The van der Waals surface area contributed by atoms with E-state index < -0.39 is 17.8 Å². The van der Waals surface area contributed by atoms with E-state index in [0.29, 0.717) is 18.3 Å². The fourth-order valence-electron chi connectivity index (χ4n) is 6.81. The number of carbonyl (C=O) groups is 2. The number of aliphatic hydroxyl groups excluding tert-OH is 1. The minimum atomic E-state index is -0.660. The fourth-order valence-corrected chi connectivity index (χ4v) is 6.81. The molecule has 180 valence electrons. The topological polar surface area (TPSA) is 84.9 Å². The average Bonchev–Trinajstić information content (AvgIpc) is 3.27. The van der Waals surface area contributed by atoms with Crippen molar-refractivity contribution >= 4 is 18.0 Å². The molecule has 33 heavy (non-hydrogen) atoms. The second-order valence-corrected chi connectivity index (χ2v) is 10.8. The number of hydrogen-bond acceptors (Lipinski definition) is 5. The summed E-state index contributed by atoms with van der Waals surface area (Å²) in [5.41, 5.74) is -0.261. The van der Waals surface area contributed by atoms with Gasteiger partial charge in [-0.15, -0.1) is 0 Å². The lowest BCUT2D eigenvalue weighted by molar-refractivity contribution is -0.250. The maximum Gasteiger partial charge on any atom is 0.331 e. The Balaban J connectivity index is 1.66. The summed E-state index contributed by atoms with van der Waals surface area (Å²) in [6.07, 6.45) is 6.23. The summed E-state index contributed by atoms with van der Waals surface area (Å²) >= 11 is 0. The Morgan fingerprint density at radius 3 is 2.67 bits per heavy atom. The highest BCUT2D eigenvalue weighted by Gasteiger charge is 2.70. The first-order chi connectivity index (χ1) is 15.7. The zero-order chi connectivity index (χ0) is 23.8. The van der Waals surface area contributed by atoms with Gasteiger partial charge in [-0.25, -0.2) is 4.79 Å². The molecule has 1 aromatic carbocycles. The Labute approximate surface area is 196 Å². The molecule has 3 aliphatic rings. The van der Waals surface area contributed by atoms with Gasteiger partial charge in [0.1, 0.15) is 18.3 Å². The molecule has 0 aromatic heterocycles. The first kappa shape index (κ1) is 24.0. The zero-order valence-electron chi connectivity index (χ0n) is 20.1. The van der Waals surface area contributed by atoms with Crippen LogP contribution in [-0.2, 0) is 19.1 Å². The van der Waals surface area contributed by atoms with Gasteiger partial charge in [-0.05, 0) is 55.6 Å². The van der Waals surface area contributed by atoms with E-state index in [1.807, 2.05) is 30.3 Å². The SMILES string of the molecule is CC(C)CC12CC(NC(=O)CO)C(C)(O1)C1CCC(C)C1C2OC(=O)/C=C/c1ccccc1. The third-order valence-electron chi connectivity index (χ3n) is 8.01. The van der Waals surface area contributed by atoms with Crippen molar-refractivity contribution in [3.63, 3.8) is 0 Å². The van der Waals surface area contributed by atoms with Crippen molar-refractivity contribution in [1.82, 2.24) is 5.32 Å². The van der Waals surface area contributed by atoms with Crippen LogP contribution in [0.25, 0.3) is 6.08 Å². The molecule has 2 saturated heterocycles. The van der Waals surface area contributed by atoms with Crippen LogP contribution in [0, 0.1) is 23.7 Å². The second kappa shape index (κ2) is 9.22. The maximum absolute atomic E-state index is 13.0. The highest BCUT2D eigenvalue weighted by Crippen LogP contribution is 2.62. The van der Waals surface area contributed by atoms with E-state index in [0.717, 1.165) is 24.8 Å². The van der Waals surface area contributed by atoms with Crippen molar-refractivity contribution in [3.05, 3.63) is 42.0 Å². The minimum Gasteiger partial charge on any atom is -0.456 e. The number of fused-ring (bicyclic) bond motifs is 4. The van der Waals surface area contributed by atoms with Gasteiger partial charge in [0.2, 0.25) is 5.91 Å². The summed E-state index contributed by atoms with van der Waals surface area (Å²) in [7, 11) is 0. The van der Waals surface area contributed by atoms with Crippen molar-refractivity contribution in [3.8, 4) is 0 Å². The predicted octanol–water partition coefficient (Wildman–Crippen LogP) is 3.73. The van der Waals surface area contributed by atoms with Crippen LogP contribution in [-0.4, -0.2) is 46.9 Å². The van der Waals surface area contributed by atoms with Gasteiger partial charge in [-0.3, -0.25) is 4.79 Å². The van der Waals surface area contributed by atoms with E-state index in [1.54, 1.807) is 6.08 Å². The summed E-state index contributed by atoms with van der Waals surface area (Å²) in [6, 6.07) is 9.47. The molecular weight excluding hydrogens is 418 g/mol. The number of benzene rings is 1. The number of amides is 1. The van der Waals surface area contributed by atoms with Crippen LogP contribution >= 0.6 is 0 Å². The Morgan fingerprint density at radius 2 is 2.00 bits per heavy atom. The van der Waals surface area contributed by atoms with Crippen molar-refractivity contribution in [2.24, 2.45) is 23.7 Å². The lowest BCUT2D eigenvalue weighted by Crippen LogP contribution is -2.61. The monoisotopic (exact) mass is 455 g/mol. The number of carbonyl (C=O) groups excluding carboxylic acids is 2. The first-order valence-electron chi connectivity index (χ1n) is 12.2. The summed E-state index contributed by atoms with van der Waals surface area (Å²) in [5.74, 6) is 0.325. The molecule has 2 N–H and O–H groups in total. The maximum atomic E-state index is 13.0. The van der Waals surface area contributed by atoms with Crippen LogP contribution in [0.4, 0.5) is 0 Å². The number of rotatable bonds is 7. The van der Waals surface area contributed by atoms with Gasteiger partial charge in [-0.2, -0.15) is 0 Å². The van der Waals surface area contributed by atoms with Crippen LogP contribution < -0.4 is 5.32 Å². The molecule has 1 aromatic rings. The summed E-state index contributed by atoms with van der Waals surface area (Å²) in [5, 5.41) is 12.4. The molecule has 7 atom stereocenters. The second-order valence-electron chi connectivity index (χ2n) is 10.8. The third-order valence-corrected chi connectivity index (χ3v) is 8.01. The van der Waals surface area contributed by atoms with Gasteiger partial charge in [0.25, 0.3) is 0 Å². The van der Waals surface area contributed by atoms with Crippen molar-refractivity contribution in [2.45, 2.75) is 76.7 Å². The Bertz CT molecular complexity index is 899. The van der Waals surface area contributed by atoms with E-state index in [2.05, 4.69) is 33.0 Å². The van der Waals surface area contributed by atoms with Crippen molar-refractivity contribution in [2.75, 3.05) is 6.61 Å². The average molecular weight is 456 g/mol. The zero-order valence-corrected chi connectivity index (χ0v) is 20.1. The van der Waals surface area contributed by atoms with Crippen LogP contribution in [0.3, 0.4) is 0 Å². The van der Waals surface area contributed by atoms with E-state index in [9.17, 15) is 14.7 Å². The normalized spacial score (nSPS) is 37.3. The van der Waals surface area contributed by atoms with Gasteiger partial charge in [0, 0.05) is 18.4 Å². The number of aliphatic hydroxyl groups is 1. The molecule has 2 heterocycles. The Kier molecular flexibility index (Phi) is 6.70. The molecule has 0 radical (unpaired) electrons. The molecule has 1 amide bonds. The lowest BCUT2D eigenvalue weighted by Gasteiger charge is -2.52. The number of nitrogens with one attached hydrogen (secondary N) is 1. The number of hydrogen-bond donors (Lipinski definition) is 2. The Hall–Kier alpha value is -2.18. The van der Waals surface area contributed by atoms with Crippen LogP contribution in [0.5, 0.6) is 0 Å². The van der Waals surface area contributed by atoms with Crippen LogP contribution in [0.2, 0.25) is 0 Å². The highest BCUT2D eigenvalue weighted by molar-refractivity contribution is 5.87. The van der Waals surface area contributed by atoms with E-state index in [4.69, 9.17) is 9.47 Å². The standard InChI is InChI=1S/C27H37NO5/c1-17(2)14-27-15-21(28-22(30)16-29)26(4,33-27)20-12-10-18(3)24(20)25(27)32-23(31)13-11-19-8-6-5-7-9-19/h5-9,11,13,17-18,20-21,24-25,29H,10,12,14-16H2,1-4H3,(H,28,30)/b13-11+. The van der Waals surface area contributed by atoms with Crippen molar-refractivity contribution < 1.29 is 24.2 Å². The smallest absolute Gasteiger partial charge is 0.331 e. The molecule has 6 nitrogen and oxygen atoms in total. The molecule has 4 rings (SSSR count). The molecule has 2 aliphatic heterocycles. The minimum absolute atomic E-state index is 0.174. The molecule has 0 spiro atoms. The van der Waals surface area contributed by atoms with Crippen LogP contribution in [0.1, 0.15) is 58.9 Å². The third kappa shape index (κ3) is 4.47. The van der Waals surface area contributed by atoms with E-state index in [-0.39, 0.29) is 35.9 Å². The van der Waals surface area contributed by atoms with E-state index >= 15 is 0 Å². The summed E-state index contributed by atoms with van der Waals surface area (Å²) in [6.45, 7) is 8.09. The summed E-state index contributed by atoms with van der Waals surface area (Å²) < 4.78 is 13.1. The molecule has 7 unspecified atom stereocenters. The number of esters is 1. The molecule has 1 aliphatic carbocycles. The molecular formula is C27H37NO5. The largest absolute Gasteiger partial charge is 0.456 e. The fraction of sp³-hybridized carbons (Fsp3) is 0.630. The van der Waals surface area contributed by atoms with Gasteiger partial charge >= 0.3 is 5.97 Å². The molecule has 1 saturated carbocycles. The van der Waals surface area contributed by atoms with Gasteiger partial charge in [0.15, 0.2) is 0 Å². The molecule has 6 heteroatoms. The predicted molar refractivity (Wildman–Crippen MR) is 126 cm³/mol.